The fourth-order valence-electron chi connectivity index (χ4n) is 2.36. The van der Waals surface area contributed by atoms with Crippen LogP contribution in [0.2, 0.25) is 0 Å². The highest BCUT2D eigenvalue weighted by atomic mass is 16.6. The minimum atomic E-state index is -1.24. The first kappa shape index (κ1) is 15.2. The number of hydrogen-bond acceptors (Lipinski definition) is 6. The summed E-state index contributed by atoms with van der Waals surface area (Å²) < 4.78 is 5.56. The molecule has 1 saturated heterocycles. The van der Waals surface area contributed by atoms with Gasteiger partial charge in [0.2, 0.25) is 5.82 Å². The van der Waals surface area contributed by atoms with Crippen LogP contribution < -0.4 is 4.90 Å². The number of carboxylic acids is 1. The van der Waals surface area contributed by atoms with E-state index >= 15 is 0 Å². The lowest BCUT2D eigenvalue weighted by molar-refractivity contribution is -0.384. The largest absolute Gasteiger partial charge is 0.478 e. The van der Waals surface area contributed by atoms with E-state index in [-0.39, 0.29) is 29.2 Å². The molecule has 0 radical (unpaired) electrons. The number of nitrogens with zero attached hydrogens (tertiary/aromatic N) is 3. The van der Waals surface area contributed by atoms with Crippen LogP contribution in [0.5, 0.6) is 0 Å². The molecule has 0 spiro atoms. The molecule has 0 saturated carbocycles. The highest BCUT2D eigenvalue weighted by Crippen LogP contribution is 2.30. The smallest absolute Gasteiger partial charge is 0.337 e. The Balaban J connectivity index is 2.45. The maximum Gasteiger partial charge on any atom is 0.337 e. The van der Waals surface area contributed by atoms with Gasteiger partial charge < -0.3 is 14.7 Å². The summed E-state index contributed by atoms with van der Waals surface area (Å²) in [4.78, 5) is 27.4. The van der Waals surface area contributed by atoms with Gasteiger partial charge in [-0.1, -0.05) is 6.92 Å². The molecule has 2 atom stereocenters. The Hall–Kier alpha value is -2.22. The average Bonchev–Trinajstić information content (AvgIpc) is 2.46. The van der Waals surface area contributed by atoms with Gasteiger partial charge in [-0.15, -0.1) is 0 Å². The number of nitro groups is 1. The molecule has 2 unspecified atom stereocenters. The van der Waals surface area contributed by atoms with Gasteiger partial charge in [0.05, 0.1) is 29.2 Å². The highest BCUT2D eigenvalue weighted by molar-refractivity contribution is 5.88. The molecule has 0 aliphatic carbocycles. The summed E-state index contributed by atoms with van der Waals surface area (Å²) in [5.74, 6) is -1.04. The number of anilines is 1. The van der Waals surface area contributed by atoms with Crippen molar-refractivity contribution in [1.29, 1.82) is 0 Å². The SMILES string of the molecule is CCC1COC(C)CN1c1ncc(C(=O)O)cc1[N+](=O)[O-]. The summed E-state index contributed by atoms with van der Waals surface area (Å²) in [6.45, 7) is 4.81. The molecule has 1 aliphatic heterocycles. The molecule has 0 amide bonds. The van der Waals surface area contributed by atoms with E-state index < -0.39 is 10.9 Å². The van der Waals surface area contributed by atoms with E-state index in [2.05, 4.69) is 4.98 Å². The molecule has 2 rings (SSSR count). The Labute approximate surface area is 121 Å². The minimum absolute atomic E-state index is 0.0110. The van der Waals surface area contributed by atoms with Crippen molar-refractivity contribution in [3.63, 3.8) is 0 Å². The van der Waals surface area contributed by atoms with E-state index in [4.69, 9.17) is 9.84 Å². The van der Waals surface area contributed by atoms with Gasteiger partial charge in [-0.2, -0.15) is 0 Å². The number of aromatic nitrogens is 1. The molecule has 1 aliphatic rings. The Morgan fingerprint density at radius 2 is 2.38 bits per heavy atom. The van der Waals surface area contributed by atoms with Crippen molar-refractivity contribution in [3.05, 3.63) is 27.9 Å². The van der Waals surface area contributed by atoms with Crippen LogP contribution in [0.15, 0.2) is 12.3 Å². The van der Waals surface area contributed by atoms with Gasteiger partial charge in [0.15, 0.2) is 0 Å². The van der Waals surface area contributed by atoms with E-state index in [1.165, 1.54) is 0 Å². The maximum atomic E-state index is 11.2. The third-order valence-electron chi connectivity index (χ3n) is 3.50. The van der Waals surface area contributed by atoms with Gasteiger partial charge in [-0.05, 0) is 13.3 Å². The first-order valence-corrected chi connectivity index (χ1v) is 6.70. The average molecular weight is 295 g/mol. The van der Waals surface area contributed by atoms with E-state index in [1.54, 1.807) is 0 Å². The summed E-state index contributed by atoms with van der Waals surface area (Å²) in [5, 5.41) is 20.2. The molecule has 1 aromatic heterocycles. The summed E-state index contributed by atoms with van der Waals surface area (Å²) in [7, 11) is 0. The molecule has 1 fully saturated rings. The highest BCUT2D eigenvalue weighted by Gasteiger charge is 2.32. The number of carbonyl (C=O) groups is 1. The zero-order valence-corrected chi connectivity index (χ0v) is 11.9. The second kappa shape index (κ2) is 6.04. The molecule has 114 valence electrons. The molecule has 0 bridgehead atoms. The van der Waals surface area contributed by atoms with Crippen molar-refractivity contribution < 1.29 is 19.6 Å². The van der Waals surface area contributed by atoms with Gasteiger partial charge >= 0.3 is 11.7 Å². The number of aromatic carboxylic acids is 1. The lowest BCUT2D eigenvalue weighted by atomic mass is 10.1. The fourth-order valence-corrected chi connectivity index (χ4v) is 2.36. The molecule has 0 aromatic carbocycles. The molecule has 8 nitrogen and oxygen atoms in total. The standard InChI is InChI=1S/C13H17N3O5/c1-3-10-7-21-8(2)6-15(10)12-11(16(19)20)4-9(5-14-12)13(17)18/h4-5,8,10H,3,6-7H2,1-2H3,(H,17,18). The molecule has 1 N–H and O–H groups in total. The number of carboxylic acid groups (broad SMARTS) is 1. The van der Waals surface area contributed by atoms with Crippen LogP contribution in [0, 0.1) is 10.1 Å². The Bertz CT molecular complexity index is 563. The normalized spacial score (nSPS) is 22.1. The van der Waals surface area contributed by atoms with Gasteiger partial charge in [0.25, 0.3) is 0 Å². The molecule has 8 heteroatoms. The van der Waals surface area contributed by atoms with Crippen LogP contribution in [-0.2, 0) is 4.74 Å². The van der Waals surface area contributed by atoms with Crippen LogP contribution in [0.1, 0.15) is 30.6 Å². The predicted molar refractivity (Wildman–Crippen MR) is 74.7 cm³/mol. The van der Waals surface area contributed by atoms with Crippen LogP contribution in [-0.4, -0.2) is 46.3 Å². The lowest BCUT2D eigenvalue weighted by Gasteiger charge is -2.38. The van der Waals surface area contributed by atoms with Crippen molar-refractivity contribution in [2.45, 2.75) is 32.4 Å². The van der Waals surface area contributed by atoms with Crippen molar-refractivity contribution in [3.8, 4) is 0 Å². The second-order valence-electron chi connectivity index (χ2n) is 4.99. The third-order valence-corrected chi connectivity index (χ3v) is 3.50. The minimum Gasteiger partial charge on any atom is -0.478 e. The molecule has 21 heavy (non-hydrogen) atoms. The van der Waals surface area contributed by atoms with E-state index in [1.807, 2.05) is 18.7 Å². The Morgan fingerprint density at radius 1 is 1.67 bits per heavy atom. The summed E-state index contributed by atoms with van der Waals surface area (Å²) in [6.07, 6.45) is 1.84. The zero-order chi connectivity index (χ0) is 15.6. The van der Waals surface area contributed by atoms with Gasteiger partial charge in [-0.3, -0.25) is 10.1 Å². The van der Waals surface area contributed by atoms with Crippen LogP contribution >= 0.6 is 0 Å². The van der Waals surface area contributed by atoms with E-state index in [0.29, 0.717) is 13.2 Å². The number of morpholine rings is 1. The van der Waals surface area contributed by atoms with E-state index in [0.717, 1.165) is 18.7 Å². The summed E-state index contributed by atoms with van der Waals surface area (Å²) in [6, 6.07) is 1.04. The zero-order valence-electron chi connectivity index (χ0n) is 11.9. The van der Waals surface area contributed by atoms with Crippen molar-refractivity contribution in [2.75, 3.05) is 18.1 Å². The number of pyridine rings is 1. The number of rotatable bonds is 4. The van der Waals surface area contributed by atoms with Crippen LogP contribution in [0.25, 0.3) is 0 Å². The number of ether oxygens (including phenoxy) is 1. The Morgan fingerprint density at radius 3 is 2.95 bits per heavy atom. The second-order valence-corrected chi connectivity index (χ2v) is 4.99. The van der Waals surface area contributed by atoms with Gasteiger partial charge in [0, 0.05) is 18.8 Å². The lowest BCUT2D eigenvalue weighted by Crippen LogP contribution is -2.49. The molecular weight excluding hydrogens is 278 g/mol. The fraction of sp³-hybridized carbons (Fsp3) is 0.538. The summed E-state index contributed by atoms with van der Waals surface area (Å²) >= 11 is 0. The summed E-state index contributed by atoms with van der Waals surface area (Å²) in [5.41, 5.74) is -0.484. The maximum absolute atomic E-state index is 11.2. The van der Waals surface area contributed by atoms with Crippen LogP contribution in [0.3, 0.4) is 0 Å². The van der Waals surface area contributed by atoms with Gasteiger partial charge in [0.1, 0.15) is 0 Å². The van der Waals surface area contributed by atoms with Crippen molar-refractivity contribution in [2.24, 2.45) is 0 Å². The molecule has 2 heterocycles. The topological polar surface area (TPSA) is 106 Å². The van der Waals surface area contributed by atoms with E-state index in [9.17, 15) is 14.9 Å². The van der Waals surface area contributed by atoms with Gasteiger partial charge in [-0.25, -0.2) is 9.78 Å². The first-order chi connectivity index (χ1) is 9.93. The number of hydrogen-bond donors (Lipinski definition) is 1. The third kappa shape index (κ3) is 3.10. The monoisotopic (exact) mass is 295 g/mol. The van der Waals surface area contributed by atoms with Crippen molar-refractivity contribution in [1.82, 2.24) is 4.98 Å². The molecular formula is C13H17N3O5. The Kier molecular flexibility index (Phi) is 4.37. The van der Waals surface area contributed by atoms with Crippen molar-refractivity contribution >= 4 is 17.5 Å². The predicted octanol–water partition coefficient (Wildman–Crippen LogP) is 1.69. The van der Waals surface area contributed by atoms with Crippen LogP contribution in [0.4, 0.5) is 11.5 Å². The first-order valence-electron chi connectivity index (χ1n) is 6.70. The molecule has 1 aromatic rings. The quantitative estimate of drug-likeness (QED) is 0.665.